The van der Waals surface area contributed by atoms with Crippen LogP contribution in [0.4, 0.5) is 4.39 Å². The molecule has 0 bridgehead atoms. The topological polar surface area (TPSA) is 62.3 Å². The molecular weight excluding hydrogens is 237 g/mol. The first-order valence-electron chi connectivity index (χ1n) is 5.74. The van der Waals surface area contributed by atoms with Gasteiger partial charge in [-0.15, -0.1) is 0 Å². The average Bonchev–Trinajstić information content (AvgIpc) is 2.75. The number of pyridine rings is 1. The predicted molar refractivity (Wildman–Crippen MR) is 62.3 cm³/mol. The summed E-state index contributed by atoms with van der Waals surface area (Å²) in [5, 5.41) is 2.77. The molecular formula is C12H14FN3O2. The fraction of sp³-hybridized carbons (Fsp3) is 0.417. The Labute approximate surface area is 104 Å². The molecule has 2 rings (SSSR count). The molecule has 5 nitrogen and oxygen atoms in total. The number of nitrogens with zero attached hydrogens (tertiary/aromatic N) is 2. The van der Waals surface area contributed by atoms with Crippen molar-refractivity contribution in [2.45, 2.75) is 19.4 Å². The number of likely N-dealkylation sites (tertiary alicyclic amines) is 1. The standard InChI is InChI=1S/C12H14FN3O2/c1-8(17)15-10-3-5-16(7-10)12(18)9-2-4-14-11(13)6-9/h2,4,6,10H,3,5,7H2,1H3,(H,15,17). The van der Waals surface area contributed by atoms with Crippen molar-refractivity contribution in [2.24, 2.45) is 0 Å². The number of carbonyl (C=O) groups excluding carboxylic acids is 2. The second-order valence-electron chi connectivity index (χ2n) is 4.30. The Morgan fingerprint density at radius 1 is 1.56 bits per heavy atom. The van der Waals surface area contributed by atoms with Crippen molar-refractivity contribution in [2.75, 3.05) is 13.1 Å². The summed E-state index contributed by atoms with van der Waals surface area (Å²) in [4.78, 5) is 28.0. The van der Waals surface area contributed by atoms with Gasteiger partial charge in [0, 0.05) is 43.9 Å². The molecule has 2 heterocycles. The molecule has 1 fully saturated rings. The maximum absolute atomic E-state index is 12.9. The van der Waals surface area contributed by atoms with Crippen molar-refractivity contribution in [3.63, 3.8) is 0 Å². The Balaban J connectivity index is 2.01. The first kappa shape index (κ1) is 12.5. The minimum Gasteiger partial charge on any atom is -0.352 e. The SMILES string of the molecule is CC(=O)NC1CCN(C(=O)c2ccnc(F)c2)C1. The molecule has 0 aromatic carbocycles. The molecule has 6 heteroatoms. The summed E-state index contributed by atoms with van der Waals surface area (Å²) in [6.45, 7) is 2.47. The molecule has 2 amide bonds. The lowest BCUT2D eigenvalue weighted by Crippen LogP contribution is -2.37. The van der Waals surface area contributed by atoms with Crippen molar-refractivity contribution in [3.8, 4) is 0 Å². The van der Waals surface area contributed by atoms with Crippen molar-refractivity contribution in [1.82, 2.24) is 15.2 Å². The number of aromatic nitrogens is 1. The van der Waals surface area contributed by atoms with Crippen LogP contribution in [-0.2, 0) is 4.79 Å². The van der Waals surface area contributed by atoms with Gasteiger partial charge >= 0.3 is 0 Å². The molecule has 1 N–H and O–H groups in total. The molecule has 1 unspecified atom stereocenters. The largest absolute Gasteiger partial charge is 0.352 e. The molecule has 1 aliphatic heterocycles. The fourth-order valence-corrected chi connectivity index (χ4v) is 2.07. The third-order valence-corrected chi connectivity index (χ3v) is 2.86. The van der Waals surface area contributed by atoms with Gasteiger partial charge in [-0.1, -0.05) is 0 Å². The van der Waals surface area contributed by atoms with Gasteiger partial charge in [0.25, 0.3) is 5.91 Å². The van der Waals surface area contributed by atoms with Gasteiger partial charge in [-0.2, -0.15) is 4.39 Å². The second kappa shape index (κ2) is 5.12. The van der Waals surface area contributed by atoms with Gasteiger partial charge in [0.05, 0.1) is 0 Å². The number of carbonyl (C=O) groups is 2. The van der Waals surface area contributed by atoms with E-state index >= 15 is 0 Å². The predicted octanol–water partition coefficient (Wildman–Crippen LogP) is 0.571. The van der Waals surface area contributed by atoms with E-state index in [2.05, 4.69) is 10.3 Å². The summed E-state index contributed by atoms with van der Waals surface area (Å²) in [6.07, 6.45) is 1.99. The molecule has 0 aliphatic carbocycles. The summed E-state index contributed by atoms with van der Waals surface area (Å²) in [5.74, 6) is -1.01. The lowest BCUT2D eigenvalue weighted by molar-refractivity contribution is -0.119. The molecule has 1 aliphatic rings. The van der Waals surface area contributed by atoms with Crippen LogP contribution in [0.2, 0.25) is 0 Å². The number of rotatable bonds is 2. The van der Waals surface area contributed by atoms with Crippen LogP contribution < -0.4 is 5.32 Å². The molecule has 1 aromatic rings. The van der Waals surface area contributed by atoms with Gasteiger partial charge in [-0.25, -0.2) is 4.98 Å². The lowest BCUT2D eigenvalue weighted by Gasteiger charge is -2.16. The monoisotopic (exact) mass is 251 g/mol. The highest BCUT2D eigenvalue weighted by Gasteiger charge is 2.27. The second-order valence-corrected chi connectivity index (χ2v) is 4.30. The van der Waals surface area contributed by atoms with Gasteiger partial charge in [0.1, 0.15) is 0 Å². The van der Waals surface area contributed by atoms with Crippen molar-refractivity contribution >= 4 is 11.8 Å². The Hall–Kier alpha value is -1.98. The lowest BCUT2D eigenvalue weighted by atomic mass is 10.2. The normalized spacial score (nSPS) is 18.8. The Bertz CT molecular complexity index is 478. The van der Waals surface area contributed by atoms with Gasteiger partial charge in [-0.3, -0.25) is 9.59 Å². The zero-order valence-electron chi connectivity index (χ0n) is 10.0. The Kier molecular flexibility index (Phi) is 3.55. The smallest absolute Gasteiger partial charge is 0.254 e. The molecule has 18 heavy (non-hydrogen) atoms. The van der Waals surface area contributed by atoms with Gasteiger partial charge in [0.2, 0.25) is 11.9 Å². The highest BCUT2D eigenvalue weighted by atomic mass is 19.1. The average molecular weight is 251 g/mol. The van der Waals surface area contributed by atoms with E-state index < -0.39 is 5.95 Å². The molecule has 96 valence electrons. The van der Waals surface area contributed by atoms with Crippen molar-refractivity contribution in [3.05, 3.63) is 29.8 Å². The van der Waals surface area contributed by atoms with Crippen LogP contribution in [-0.4, -0.2) is 40.8 Å². The molecule has 0 spiro atoms. The number of nitrogens with one attached hydrogen (secondary N) is 1. The first-order chi connectivity index (χ1) is 8.56. The van der Waals surface area contributed by atoms with Crippen LogP contribution in [0.3, 0.4) is 0 Å². The highest BCUT2D eigenvalue weighted by molar-refractivity contribution is 5.94. The van der Waals surface area contributed by atoms with Crippen LogP contribution in [0.25, 0.3) is 0 Å². The van der Waals surface area contributed by atoms with Crippen molar-refractivity contribution < 1.29 is 14.0 Å². The van der Waals surface area contributed by atoms with E-state index in [0.717, 1.165) is 12.5 Å². The van der Waals surface area contributed by atoms with E-state index in [1.165, 1.54) is 19.2 Å². The third kappa shape index (κ3) is 2.82. The van der Waals surface area contributed by atoms with Gasteiger partial charge < -0.3 is 10.2 Å². The van der Waals surface area contributed by atoms with Gasteiger partial charge in [-0.05, 0) is 12.5 Å². The first-order valence-corrected chi connectivity index (χ1v) is 5.74. The van der Waals surface area contributed by atoms with Crippen LogP contribution in [0.15, 0.2) is 18.3 Å². The summed E-state index contributed by atoms with van der Waals surface area (Å²) in [5.41, 5.74) is 0.283. The number of hydrogen-bond acceptors (Lipinski definition) is 3. The fourth-order valence-electron chi connectivity index (χ4n) is 2.07. The number of amides is 2. The minimum atomic E-state index is -0.668. The van der Waals surface area contributed by atoms with Crippen LogP contribution in [0.5, 0.6) is 0 Å². The zero-order valence-corrected chi connectivity index (χ0v) is 10.0. The molecule has 0 radical (unpaired) electrons. The highest BCUT2D eigenvalue weighted by Crippen LogP contribution is 2.13. The third-order valence-electron chi connectivity index (χ3n) is 2.86. The van der Waals surface area contributed by atoms with E-state index in [9.17, 15) is 14.0 Å². The van der Waals surface area contributed by atoms with Crippen LogP contribution >= 0.6 is 0 Å². The summed E-state index contributed by atoms with van der Waals surface area (Å²) in [6, 6.07) is 2.59. The quantitative estimate of drug-likeness (QED) is 0.782. The maximum Gasteiger partial charge on any atom is 0.254 e. The Morgan fingerprint density at radius 2 is 2.33 bits per heavy atom. The van der Waals surface area contributed by atoms with Crippen LogP contribution in [0.1, 0.15) is 23.7 Å². The minimum absolute atomic E-state index is 0.0156. The van der Waals surface area contributed by atoms with E-state index in [0.29, 0.717) is 13.1 Å². The van der Waals surface area contributed by atoms with Crippen LogP contribution in [0, 0.1) is 5.95 Å². The van der Waals surface area contributed by atoms with E-state index in [1.54, 1.807) is 4.90 Å². The Morgan fingerprint density at radius 3 is 3.00 bits per heavy atom. The maximum atomic E-state index is 12.9. The summed E-state index contributed by atoms with van der Waals surface area (Å²) < 4.78 is 12.9. The van der Waals surface area contributed by atoms with E-state index in [-0.39, 0.29) is 23.4 Å². The molecule has 1 aromatic heterocycles. The van der Waals surface area contributed by atoms with Gasteiger partial charge in [0.15, 0.2) is 0 Å². The van der Waals surface area contributed by atoms with Crippen molar-refractivity contribution in [1.29, 1.82) is 0 Å². The summed E-state index contributed by atoms with van der Waals surface area (Å²) >= 11 is 0. The summed E-state index contributed by atoms with van der Waals surface area (Å²) in [7, 11) is 0. The molecule has 1 saturated heterocycles. The molecule has 1 atom stereocenters. The van der Waals surface area contributed by atoms with E-state index in [1.807, 2.05) is 0 Å². The number of halogens is 1. The van der Waals surface area contributed by atoms with E-state index in [4.69, 9.17) is 0 Å². The number of hydrogen-bond donors (Lipinski definition) is 1. The molecule has 0 saturated carbocycles. The zero-order chi connectivity index (χ0) is 13.1.